The molecule has 0 aliphatic carbocycles. The molecule has 2 rings (SSSR count). The molecule has 0 fully saturated rings. The first-order valence-corrected chi connectivity index (χ1v) is 7.16. The SMILES string of the molecule is O=C(Nc1ccccc1I)N[C@@H](Cc1cnc[nH]1)C(=O)O. The Bertz CT molecular complexity index is 630. The molecule has 0 saturated carbocycles. The average Bonchev–Trinajstić information content (AvgIpc) is 2.93. The van der Waals surface area contributed by atoms with Gasteiger partial charge in [-0.25, -0.2) is 14.6 Å². The number of carbonyl (C=O) groups excluding carboxylic acids is 1. The fourth-order valence-corrected chi connectivity index (χ4v) is 2.22. The molecule has 0 unspecified atom stereocenters. The van der Waals surface area contributed by atoms with Gasteiger partial charge in [0.15, 0.2) is 0 Å². The van der Waals surface area contributed by atoms with E-state index in [1.807, 2.05) is 12.1 Å². The van der Waals surface area contributed by atoms with Gasteiger partial charge in [-0.3, -0.25) is 0 Å². The molecular formula is C13H13IN4O3. The van der Waals surface area contributed by atoms with E-state index in [1.165, 1.54) is 12.5 Å². The average molecular weight is 400 g/mol. The lowest BCUT2D eigenvalue weighted by Gasteiger charge is -2.15. The summed E-state index contributed by atoms with van der Waals surface area (Å²) in [5.74, 6) is -1.11. The van der Waals surface area contributed by atoms with Crippen molar-refractivity contribution in [3.63, 3.8) is 0 Å². The van der Waals surface area contributed by atoms with Crippen LogP contribution in [0, 0.1) is 3.57 Å². The highest BCUT2D eigenvalue weighted by atomic mass is 127. The number of amides is 2. The van der Waals surface area contributed by atoms with Gasteiger partial charge < -0.3 is 20.7 Å². The molecule has 2 amide bonds. The molecule has 1 aromatic heterocycles. The van der Waals surface area contributed by atoms with Crippen LogP contribution in [0.25, 0.3) is 0 Å². The number of carboxylic acids is 1. The third-order valence-corrected chi connectivity index (χ3v) is 3.65. The van der Waals surface area contributed by atoms with Crippen LogP contribution in [-0.4, -0.2) is 33.1 Å². The van der Waals surface area contributed by atoms with Crippen molar-refractivity contribution in [3.05, 3.63) is 46.1 Å². The van der Waals surface area contributed by atoms with Crippen LogP contribution in [0.5, 0.6) is 0 Å². The summed E-state index contributed by atoms with van der Waals surface area (Å²) >= 11 is 2.09. The van der Waals surface area contributed by atoms with E-state index in [2.05, 4.69) is 43.2 Å². The second kappa shape index (κ2) is 7.07. The number of anilines is 1. The molecule has 0 saturated heterocycles. The van der Waals surface area contributed by atoms with Crippen molar-refractivity contribution in [2.45, 2.75) is 12.5 Å². The quantitative estimate of drug-likeness (QED) is 0.575. The third kappa shape index (κ3) is 4.45. The second-order valence-electron chi connectivity index (χ2n) is 4.25. The summed E-state index contributed by atoms with van der Waals surface area (Å²) in [6.07, 6.45) is 3.12. The topological polar surface area (TPSA) is 107 Å². The van der Waals surface area contributed by atoms with E-state index < -0.39 is 18.0 Å². The van der Waals surface area contributed by atoms with Crippen molar-refractivity contribution in [3.8, 4) is 0 Å². The van der Waals surface area contributed by atoms with E-state index in [-0.39, 0.29) is 6.42 Å². The number of rotatable bonds is 5. The standard InChI is InChI=1S/C13H13IN4O3/c14-9-3-1-2-4-10(9)17-13(21)18-11(12(19)20)5-8-6-15-7-16-8/h1-4,6-7,11H,5H2,(H,15,16)(H,19,20)(H2,17,18,21)/t11-/m0/s1. The van der Waals surface area contributed by atoms with Gasteiger partial charge in [0, 0.05) is 21.9 Å². The zero-order valence-electron chi connectivity index (χ0n) is 10.8. The van der Waals surface area contributed by atoms with Gasteiger partial charge in [-0.1, -0.05) is 12.1 Å². The number of urea groups is 1. The molecule has 0 radical (unpaired) electrons. The Morgan fingerprint density at radius 1 is 1.38 bits per heavy atom. The van der Waals surface area contributed by atoms with Gasteiger partial charge in [0.05, 0.1) is 12.0 Å². The van der Waals surface area contributed by atoms with E-state index in [4.69, 9.17) is 5.11 Å². The van der Waals surface area contributed by atoms with Gasteiger partial charge in [-0.05, 0) is 34.7 Å². The molecule has 4 N–H and O–H groups in total. The minimum atomic E-state index is -1.11. The first-order valence-electron chi connectivity index (χ1n) is 6.08. The van der Waals surface area contributed by atoms with Crippen LogP contribution < -0.4 is 10.6 Å². The molecule has 1 aromatic carbocycles. The second-order valence-corrected chi connectivity index (χ2v) is 5.41. The highest BCUT2D eigenvalue weighted by Crippen LogP contribution is 2.16. The van der Waals surface area contributed by atoms with Crippen LogP contribution in [0.15, 0.2) is 36.8 Å². The molecular weight excluding hydrogens is 387 g/mol. The third-order valence-electron chi connectivity index (χ3n) is 2.70. The molecule has 1 atom stereocenters. The van der Waals surface area contributed by atoms with Gasteiger partial charge in [0.2, 0.25) is 0 Å². The Labute approximate surface area is 134 Å². The van der Waals surface area contributed by atoms with Crippen LogP contribution in [-0.2, 0) is 11.2 Å². The Balaban J connectivity index is 1.98. The van der Waals surface area contributed by atoms with Crippen molar-refractivity contribution in [2.24, 2.45) is 0 Å². The van der Waals surface area contributed by atoms with Gasteiger partial charge in [0.25, 0.3) is 0 Å². The van der Waals surface area contributed by atoms with Crippen molar-refractivity contribution < 1.29 is 14.7 Å². The minimum absolute atomic E-state index is 0.134. The van der Waals surface area contributed by atoms with Crippen molar-refractivity contribution in [1.29, 1.82) is 0 Å². The molecule has 110 valence electrons. The zero-order valence-corrected chi connectivity index (χ0v) is 13.0. The number of aromatic nitrogens is 2. The molecule has 8 heteroatoms. The monoisotopic (exact) mass is 400 g/mol. The fourth-order valence-electron chi connectivity index (χ4n) is 1.70. The predicted molar refractivity (Wildman–Crippen MR) is 85.0 cm³/mol. The summed E-state index contributed by atoms with van der Waals surface area (Å²) in [7, 11) is 0. The molecule has 21 heavy (non-hydrogen) atoms. The van der Waals surface area contributed by atoms with Gasteiger partial charge in [0.1, 0.15) is 6.04 Å². The Morgan fingerprint density at radius 2 is 2.14 bits per heavy atom. The van der Waals surface area contributed by atoms with E-state index >= 15 is 0 Å². The number of aromatic amines is 1. The lowest BCUT2D eigenvalue weighted by atomic mass is 10.2. The largest absolute Gasteiger partial charge is 0.480 e. The first-order chi connectivity index (χ1) is 10.1. The highest BCUT2D eigenvalue weighted by Gasteiger charge is 2.21. The van der Waals surface area contributed by atoms with E-state index in [1.54, 1.807) is 12.1 Å². The summed E-state index contributed by atoms with van der Waals surface area (Å²) in [6.45, 7) is 0. The van der Waals surface area contributed by atoms with Crippen molar-refractivity contribution in [2.75, 3.05) is 5.32 Å². The fraction of sp³-hybridized carbons (Fsp3) is 0.154. The van der Waals surface area contributed by atoms with Crippen molar-refractivity contribution >= 4 is 40.3 Å². The maximum atomic E-state index is 11.9. The van der Waals surface area contributed by atoms with Crippen LogP contribution in [0.2, 0.25) is 0 Å². The van der Waals surface area contributed by atoms with Crippen LogP contribution in [0.1, 0.15) is 5.69 Å². The van der Waals surface area contributed by atoms with Crippen LogP contribution >= 0.6 is 22.6 Å². The van der Waals surface area contributed by atoms with Crippen LogP contribution in [0.3, 0.4) is 0 Å². The van der Waals surface area contributed by atoms with E-state index in [0.717, 1.165) is 3.57 Å². The Kier molecular flexibility index (Phi) is 5.14. The van der Waals surface area contributed by atoms with Crippen LogP contribution in [0.4, 0.5) is 10.5 Å². The number of halogens is 1. The summed E-state index contributed by atoms with van der Waals surface area (Å²) < 4.78 is 0.866. The van der Waals surface area contributed by atoms with Crippen molar-refractivity contribution in [1.82, 2.24) is 15.3 Å². The number of aliphatic carboxylic acids is 1. The molecule has 2 aromatic rings. The Hall–Kier alpha value is -2.10. The lowest BCUT2D eigenvalue weighted by Crippen LogP contribution is -2.44. The summed E-state index contributed by atoms with van der Waals surface area (Å²) in [4.78, 5) is 29.7. The zero-order chi connectivity index (χ0) is 15.2. The number of para-hydroxylation sites is 1. The van der Waals surface area contributed by atoms with E-state index in [9.17, 15) is 9.59 Å². The Morgan fingerprint density at radius 3 is 2.76 bits per heavy atom. The molecule has 0 aliphatic heterocycles. The maximum Gasteiger partial charge on any atom is 0.326 e. The number of benzene rings is 1. The number of H-pyrrole nitrogens is 1. The smallest absolute Gasteiger partial charge is 0.326 e. The predicted octanol–water partition coefficient (Wildman–Crippen LogP) is 1.83. The molecule has 0 spiro atoms. The number of carbonyl (C=O) groups is 2. The van der Waals surface area contributed by atoms with Gasteiger partial charge in [-0.2, -0.15) is 0 Å². The normalized spacial score (nSPS) is 11.7. The lowest BCUT2D eigenvalue weighted by molar-refractivity contribution is -0.139. The van der Waals surface area contributed by atoms with Gasteiger partial charge >= 0.3 is 12.0 Å². The number of nitrogens with one attached hydrogen (secondary N) is 3. The minimum Gasteiger partial charge on any atom is -0.480 e. The molecule has 0 aliphatic rings. The summed E-state index contributed by atoms with van der Waals surface area (Å²) in [5.41, 5.74) is 1.26. The summed E-state index contributed by atoms with van der Waals surface area (Å²) in [5, 5.41) is 14.2. The number of hydrogen-bond acceptors (Lipinski definition) is 3. The number of nitrogens with zero attached hydrogens (tertiary/aromatic N) is 1. The number of carboxylic acid groups (broad SMARTS) is 1. The summed E-state index contributed by atoms with van der Waals surface area (Å²) in [6, 6.07) is 5.62. The number of imidazole rings is 1. The molecule has 0 bridgehead atoms. The van der Waals surface area contributed by atoms with Gasteiger partial charge in [-0.15, -0.1) is 0 Å². The number of hydrogen-bond donors (Lipinski definition) is 4. The molecule has 7 nitrogen and oxygen atoms in total. The maximum absolute atomic E-state index is 11.9. The van der Waals surface area contributed by atoms with E-state index in [0.29, 0.717) is 11.4 Å². The highest BCUT2D eigenvalue weighted by molar-refractivity contribution is 14.1. The first kappa shape index (κ1) is 15.3. The molecule has 1 heterocycles.